The van der Waals surface area contributed by atoms with E-state index in [-0.39, 0.29) is 17.6 Å². The molecule has 22 heavy (non-hydrogen) atoms. The maximum Gasteiger partial charge on any atom is 0.223 e. The largest absolute Gasteiger partial charge is 0.356 e. The minimum absolute atomic E-state index is 0.135. The maximum absolute atomic E-state index is 13.1. The first-order valence-electron chi connectivity index (χ1n) is 8.49. The number of nitrogens with one attached hydrogen (secondary N) is 1. The van der Waals surface area contributed by atoms with E-state index in [1.54, 1.807) is 6.07 Å². The molecule has 0 saturated heterocycles. The third-order valence-electron chi connectivity index (χ3n) is 4.96. The molecule has 0 spiro atoms. The van der Waals surface area contributed by atoms with Gasteiger partial charge in [0.15, 0.2) is 0 Å². The van der Waals surface area contributed by atoms with Crippen molar-refractivity contribution in [1.29, 1.82) is 0 Å². The highest BCUT2D eigenvalue weighted by Gasteiger charge is 2.35. The van der Waals surface area contributed by atoms with Gasteiger partial charge in [0.25, 0.3) is 0 Å². The van der Waals surface area contributed by atoms with Gasteiger partial charge in [0, 0.05) is 12.5 Å². The van der Waals surface area contributed by atoms with Gasteiger partial charge >= 0.3 is 0 Å². The minimum atomic E-state index is -0.218. The number of carbonyl (C=O) groups excluding carboxylic acids is 1. The van der Waals surface area contributed by atoms with Crippen molar-refractivity contribution in [2.45, 2.75) is 46.5 Å². The number of rotatable bonds is 5. The average molecular weight is 305 g/mol. The van der Waals surface area contributed by atoms with E-state index in [4.69, 9.17) is 0 Å². The summed E-state index contributed by atoms with van der Waals surface area (Å²) in [6.07, 6.45) is 4.06. The summed E-state index contributed by atoms with van der Waals surface area (Å²) >= 11 is 0. The zero-order valence-electron chi connectivity index (χ0n) is 13.9. The molecule has 1 aliphatic carbocycles. The molecule has 0 heterocycles. The highest BCUT2D eigenvalue weighted by atomic mass is 19.1. The van der Waals surface area contributed by atoms with Crippen molar-refractivity contribution in [3.05, 3.63) is 35.6 Å². The Morgan fingerprint density at radius 2 is 2.14 bits per heavy atom. The summed E-state index contributed by atoms with van der Waals surface area (Å²) in [6.45, 7) is 7.25. The van der Waals surface area contributed by atoms with E-state index < -0.39 is 0 Å². The molecule has 1 fully saturated rings. The second-order valence-electron chi connectivity index (χ2n) is 7.10. The van der Waals surface area contributed by atoms with Gasteiger partial charge in [-0.2, -0.15) is 0 Å². The first-order chi connectivity index (χ1) is 10.5. The zero-order valence-corrected chi connectivity index (χ0v) is 13.9. The number of hydrogen-bond acceptors (Lipinski definition) is 1. The van der Waals surface area contributed by atoms with E-state index in [0.717, 1.165) is 18.4 Å². The third kappa shape index (κ3) is 4.56. The van der Waals surface area contributed by atoms with Crippen LogP contribution in [0.4, 0.5) is 4.39 Å². The second-order valence-corrected chi connectivity index (χ2v) is 7.10. The number of halogens is 1. The molecule has 0 aliphatic heterocycles. The van der Waals surface area contributed by atoms with Crippen molar-refractivity contribution in [3.63, 3.8) is 0 Å². The quantitative estimate of drug-likeness (QED) is 0.868. The maximum atomic E-state index is 13.1. The number of amides is 1. The Morgan fingerprint density at radius 3 is 2.82 bits per heavy atom. The molecule has 0 radical (unpaired) electrons. The van der Waals surface area contributed by atoms with E-state index in [2.05, 4.69) is 26.1 Å². The number of benzene rings is 1. The van der Waals surface area contributed by atoms with Crippen LogP contribution in [0, 0.1) is 29.5 Å². The van der Waals surface area contributed by atoms with Crippen LogP contribution in [-0.2, 0) is 11.2 Å². The monoisotopic (exact) mass is 305 g/mol. The average Bonchev–Trinajstić information content (AvgIpc) is 2.46. The molecular weight excluding hydrogens is 277 g/mol. The van der Waals surface area contributed by atoms with Crippen LogP contribution < -0.4 is 5.32 Å². The lowest BCUT2D eigenvalue weighted by Crippen LogP contribution is -2.40. The Balaban J connectivity index is 1.87. The lowest BCUT2D eigenvalue weighted by molar-refractivity contribution is -0.129. The van der Waals surface area contributed by atoms with Crippen molar-refractivity contribution in [2.75, 3.05) is 6.54 Å². The molecule has 3 heteroatoms. The van der Waals surface area contributed by atoms with Crippen LogP contribution in [0.5, 0.6) is 0 Å². The standard InChI is InChI=1S/C19H28FNO/c1-13(2)17-8-7-14(3)11-18(17)19(22)21-10-9-15-5-4-6-16(20)12-15/h4-6,12-14,17-18H,7-11H2,1-3H3,(H,21,22)/t14-,17+,18-/m1/s1. The number of carbonyl (C=O) groups is 1. The van der Waals surface area contributed by atoms with E-state index in [1.807, 2.05) is 6.07 Å². The highest BCUT2D eigenvalue weighted by Crippen LogP contribution is 2.38. The Bertz CT molecular complexity index is 500. The van der Waals surface area contributed by atoms with Gasteiger partial charge in [-0.3, -0.25) is 4.79 Å². The molecule has 3 atom stereocenters. The van der Waals surface area contributed by atoms with Gasteiger partial charge in [-0.1, -0.05) is 39.3 Å². The smallest absolute Gasteiger partial charge is 0.223 e. The first kappa shape index (κ1) is 17.0. The molecule has 2 rings (SSSR count). The molecule has 0 unspecified atom stereocenters. The van der Waals surface area contributed by atoms with Crippen molar-refractivity contribution >= 4 is 5.91 Å². The van der Waals surface area contributed by atoms with Crippen LogP contribution in [0.25, 0.3) is 0 Å². The molecule has 1 N–H and O–H groups in total. The summed E-state index contributed by atoms with van der Waals surface area (Å²) in [6, 6.07) is 6.59. The summed E-state index contributed by atoms with van der Waals surface area (Å²) in [5.41, 5.74) is 0.928. The van der Waals surface area contributed by atoms with Gasteiger partial charge in [0.05, 0.1) is 0 Å². The molecule has 1 saturated carbocycles. The molecule has 1 aromatic rings. The van der Waals surface area contributed by atoms with Crippen LogP contribution in [-0.4, -0.2) is 12.5 Å². The van der Waals surface area contributed by atoms with Gasteiger partial charge in [0.1, 0.15) is 5.82 Å². The Kier molecular flexibility index (Phi) is 5.98. The van der Waals surface area contributed by atoms with E-state index >= 15 is 0 Å². The van der Waals surface area contributed by atoms with Crippen LogP contribution in [0.3, 0.4) is 0 Å². The zero-order chi connectivity index (χ0) is 16.1. The molecule has 1 aliphatic rings. The Labute approximate surface area is 133 Å². The summed E-state index contributed by atoms with van der Waals surface area (Å²) in [7, 11) is 0. The lowest BCUT2D eigenvalue weighted by Gasteiger charge is -2.36. The van der Waals surface area contributed by atoms with Gasteiger partial charge in [0.2, 0.25) is 5.91 Å². The van der Waals surface area contributed by atoms with Gasteiger partial charge in [-0.15, -0.1) is 0 Å². The molecule has 2 nitrogen and oxygen atoms in total. The van der Waals surface area contributed by atoms with E-state index in [0.29, 0.717) is 30.7 Å². The topological polar surface area (TPSA) is 29.1 Å². The molecule has 0 aromatic heterocycles. The van der Waals surface area contributed by atoms with Crippen molar-refractivity contribution in [1.82, 2.24) is 5.32 Å². The van der Waals surface area contributed by atoms with Crippen molar-refractivity contribution in [2.24, 2.45) is 23.7 Å². The molecule has 1 amide bonds. The fraction of sp³-hybridized carbons (Fsp3) is 0.632. The SMILES string of the molecule is CC(C)[C@@H]1CC[C@@H](C)C[C@H]1C(=O)NCCc1cccc(F)c1. The molecular formula is C19H28FNO. The Hall–Kier alpha value is -1.38. The minimum Gasteiger partial charge on any atom is -0.356 e. The highest BCUT2D eigenvalue weighted by molar-refractivity contribution is 5.79. The van der Waals surface area contributed by atoms with Gasteiger partial charge in [-0.05, 0) is 54.7 Å². The van der Waals surface area contributed by atoms with E-state index in [9.17, 15) is 9.18 Å². The summed E-state index contributed by atoms with van der Waals surface area (Å²) in [5, 5.41) is 3.06. The second kappa shape index (κ2) is 7.75. The van der Waals surface area contributed by atoms with Gasteiger partial charge < -0.3 is 5.32 Å². The summed E-state index contributed by atoms with van der Waals surface area (Å²) < 4.78 is 13.1. The predicted octanol–water partition coefficient (Wildman–Crippen LogP) is 4.19. The van der Waals surface area contributed by atoms with Crippen LogP contribution >= 0.6 is 0 Å². The third-order valence-corrected chi connectivity index (χ3v) is 4.96. The number of hydrogen-bond donors (Lipinski definition) is 1. The predicted molar refractivity (Wildman–Crippen MR) is 87.9 cm³/mol. The van der Waals surface area contributed by atoms with Crippen LogP contribution in [0.1, 0.15) is 45.6 Å². The fourth-order valence-electron chi connectivity index (χ4n) is 3.66. The fourth-order valence-corrected chi connectivity index (χ4v) is 3.66. The first-order valence-corrected chi connectivity index (χ1v) is 8.49. The van der Waals surface area contributed by atoms with Crippen LogP contribution in [0.15, 0.2) is 24.3 Å². The lowest BCUT2D eigenvalue weighted by atomic mass is 9.70. The van der Waals surface area contributed by atoms with Crippen molar-refractivity contribution < 1.29 is 9.18 Å². The Morgan fingerprint density at radius 1 is 1.36 bits per heavy atom. The summed E-state index contributed by atoms with van der Waals surface area (Å²) in [5.74, 6) is 1.77. The molecule has 0 bridgehead atoms. The van der Waals surface area contributed by atoms with Crippen molar-refractivity contribution in [3.8, 4) is 0 Å². The molecule has 122 valence electrons. The molecule has 1 aromatic carbocycles. The van der Waals surface area contributed by atoms with E-state index in [1.165, 1.54) is 18.6 Å². The van der Waals surface area contributed by atoms with Crippen LogP contribution in [0.2, 0.25) is 0 Å². The van der Waals surface area contributed by atoms with Gasteiger partial charge in [-0.25, -0.2) is 4.39 Å². The summed E-state index contributed by atoms with van der Waals surface area (Å²) in [4.78, 5) is 12.5. The normalized spacial score (nSPS) is 25.2.